The van der Waals surface area contributed by atoms with Crippen LogP contribution in [0, 0.1) is 13.0 Å². The largest absolute Gasteiger partial charge is 0.674 e. The van der Waals surface area contributed by atoms with Crippen LogP contribution in [0.1, 0.15) is 35.6 Å². The van der Waals surface area contributed by atoms with Crippen molar-refractivity contribution in [2.24, 2.45) is 0 Å². The molecule has 1 aromatic heterocycles. The molecule has 0 aliphatic carbocycles. The van der Waals surface area contributed by atoms with Crippen molar-refractivity contribution < 1.29 is 55.4 Å². The Kier molecular flexibility index (Phi) is 12.4. The molecule has 3 aromatic rings. The van der Waals surface area contributed by atoms with Gasteiger partial charge in [-0.25, -0.2) is 0 Å². The fourth-order valence-electron chi connectivity index (χ4n) is 3.25. The van der Waals surface area contributed by atoms with Gasteiger partial charge in [0.25, 0.3) is 0 Å². The third kappa shape index (κ3) is 9.16. The van der Waals surface area contributed by atoms with Gasteiger partial charge in [-0.1, -0.05) is 23.8 Å². The van der Waals surface area contributed by atoms with E-state index >= 15 is 0 Å². The maximum atomic E-state index is 12.2. The summed E-state index contributed by atoms with van der Waals surface area (Å²) in [6.07, 6.45) is -1.27. The van der Waals surface area contributed by atoms with E-state index in [2.05, 4.69) is 27.7 Å². The van der Waals surface area contributed by atoms with Gasteiger partial charge in [0.1, 0.15) is 0 Å². The zero-order valence-corrected chi connectivity index (χ0v) is 21.9. The van der Waals surface area contributed by atoms with Gasteiger partial charge >= 0.3 is 6.36 Å². The number of allylic oxidation sites excluding steroid dienone is 1. The molecule has 1 unspecified atom stereocenters. The molecule has 0 aliphatic heterocycles. The van der Waals surface area contributed by atoms with E-state index in [1.807, 2.05) is 37.3 Å². The number of rotatable bonds is 7. The summed E-state index contributed by atoms with van der Waals surface area (Å²) in [7, 11) is 1.66. The van der Waals surface area contributed by atoms with Gasteiger partial charge < -0.3 is 15.8 Å². The summed E-state index contributed by atoms with van der Waals surface area (Å²) in [5.41, 5.74) is 11.1. The van der Waals surface area contributed by atoms with Crippen LogP contribution < -0.4 is 10.1 Å². The van der Waals surface area contributed by atoms with Crippen LogP contribution in [0.25, 0.3) is 16.6 Å². The van der Waals surface area contributed by atoms with Crippen molar-refractivity contribution in [3.8, 4) is 5.75 Å². The monoisotopic (exact) mass is 546 g/mol. The Labute approximate surface area is 222 Å². The van der Waals surface area contributed by atoms with Crippen LogP contribution in [0.15, 0.2) is 61.2 Å². The first kappa shape index (κ1) is 29.7. The number of carbonyl (C=O) groups excluding carboxylic acids is 1. The second kappa shape index (κ2) is 14.2. The number of ether oxygens (including phenoxy) is 1. The normalized spacial score (nSPS) is 11.5. The zero-order chi connectivity index (χ0) is 24.4. The average Bonchev–Trinajstić information content (AvgIpc) is 2.78. The van der Waals surface area contributed by atoms with Crippen LogP contribution in [-0.4, -0.2) is 24.3 Å². The predicted molar refractivity (Wildman–Crippen MR) is 123 cm³/mol. The van der Waals surface area contributed by atoms with Crippen molar-refractivity contribution in [1.29, 1.82) is 0 Å². The topological polar surface area (TPSA) is 75.0 Å². The van der Waals surface area contributed by atoms with Crippen LogP contribution in [0.3, 0.4) is 0 Å². The minimum atomic E-state index is -4.62. The molecule has 1 amide bonds. The molecular weight excluding hydrogens is 520 g/mol. The summed E-state index contributed by atoms with van der Waals surface area (Å²) in [5.74, 6) is -0.454. The minimum Gasteiger partial charge on any atom is -0.674 e. The molecule has 2 aromatic carbocycles. The number of hydrogen-bond donors (Lipinski definition) is 1. The maximum Gasteiger partial charge on any atom is 0.561 e. The van der Waals surface area contributed by atoms with Gasteiger partial charge in [-0.3, -0.25) is 9.78 Å². The van der Waals surface area contributed by atoms with Gasteiger partial charge in [0.15, 0.2) is 0 Å². The number of carbonyl (C=O) groups is 1. The number of aryl methyl sites for hydroxylation is 1. The number of likely N-dealkylation sites (N-methyl/N-ethyl adjacent to an activating group) is 1. The number of halogens is 3. The number of aromatic nitrogens is 1. The number of benzene rings is 2. The quantitative estimate of drug-likeness (QED) is 0.280. The van der Waals surface area contributed by atoms with Gasteiger partial charge in [0.2, 0.25) is 5.91 Å². The Bertz CT molecular complexity index is 1080. The Balaban J connectivity index is 0.000000407. The van der Waals surface area contributed by atoms with E-state index < -0.39 is 6.36 Å². The van der Waals surface area contributed by atoms with Crippen molar-refractivity contribution in [3.63, 3.8) is 0 Å². The fourth-order valence-corrected chi connectivity index (χ4v) is 3.25. The third-order valence-electron chi connectivity index (χ3n) is 4.83. The summed E-state index contributed by atoms with van der Waals surface area (Å²) in [6.45, 7) is 5.92. The molecule has 0 bridgehead atoms. The molecule has 1 heterocycles. The molecule has 0 spiro atoms. The van der Waals surface area contributed by atoms with Gasteiger partial charge in [-0.15, -0.1) is 38.4 Å². The number of nitrogens with one attached hydrogen (secondary N) is 2. The van der Waals surface area contributed by atoms with E-state index in [0.29, 0.717) is 0 Å². The first-order chi connectivity index (χ1) is 15.7. The fraction of sp³-hybridized carbons (Fsp3) is 0.280. The summed E-state index contributed by atoms with van der Waals surface area (Å²) < 4.78 is 38.1. The van der Waals surface area contributed by atoms with E-state index in [4.69, 9.17) is 5.73 Å². The number of amides is 1. The molecule has 179 valence electrons. The second-order valence-corrected chi connectivity index (χ2v) is 7.19. The van der Waals surface area contributed by atoms with Crippen LogP contribution in [0.5, 0.6) is 5.75 Å². The Morgan fingerprint density at radius 1 is 1.32 bits per heavy atom. The van der Waals surface area contributed by atoms with Gasteiger partial charge in [-0.05, 0) is 37.5 Å². The smallest absolute Gasteiger partial charge is 0.561 e. The van der Waals surface area contributed by atoms with Gasteiger partial charge in [0, 0.05) is 56.6 Å². The molecule has 2 N–H and O–H groups in total. The molecule has 0 aliphatic rings. The molecule has 9 heteroatoms. The van der Waals surface area contributed by atoms with Crippen LogP contribution in [-0.2, 0) is 44.0 Å². The van der Waals surface area contributed by atoms with Crippen molar-refractivity contribution in [3.05, 3.63) is 89.8 Å². The Hall–Kier alpha value is -2.29. The second-order valence-electron chi connectivity index (χ2n) is 7.19. The molecule has 3 rings (SSSR count). The van der Waals surface area contributed by atoms with Gasteiger partial charge in [-0.2, -0.15) is 18.2 Å². The van der Waals surface area contributed by atoms with E-state index in [9.17, 15) is 18.0 Å². The average molecular weight is 546 g/mol. The molecule has 0 fully saturated rings. The van der Waals surface area contributed by atoms with Crippen LogP contribution in [0.4, 0.5) is 13.2 Å². The summed E-state index contributed by atoms with van der Waals surface area (Å²) in [4.78, 5) is 16.8. The van der Waals surface area contributed by atoms with E-state index in [1.54, 1.807) is 7.05 Å². The SMILES string of the molecule is C=CCCC(C(=O)NC)c1cc2ccc(C[NH-])cc2nc1C.FC(F)(F)Oc1c[c-]ccc1.[Y]. The van der Waals surface area contributed by atoms with E-state index in [1.165, 1.54) is 18.2 Å². The van der Waals surface area contributed by atoms with Crippen molar-refractivity contribution in [2.45, 2.75) is 38.6 Å². The zero-order valence-electron chi connectivity index (χ0n) is 19.1. The number of pyridine rings is 1. The molecule has 5 nitrogen and oxygen atoms in total. The molecule has 34 heavy (non-hydrogen) atoms. The summed E-state index contributed by atoms with van der Waals surface area (Å²) >= 11 is 0. The van der Waals surface area contributed by atoms with Gasteiger partial charge in [0.05, 0.1) is 11.4 Å². The molecule has 0 saturated carbocycles. The first-order valence-corrected chi connectivity index (χ1v) is 10.3. The Morgan fingerprint density at radius 3 is 2.62 bits per heavy atom. The number of hydrogen-bond acceptors (Lipinski definition) is 3. The predicted octanol–water partition coefficient (Wildman–Crippen LogP) is 6.27. The standard InChI is InChI=1S/C18H22N3O.C7H4F3O.Y/c1-4-5-6-15(18(22)20-3)16-10-14-8-7-13(11-19)9-17(14)21-12(16)2;8-7(9,10)11-6-4-2-1-3-5-6;/h4,7-10,15,19H,1,5-6,11H2,2-3H3,(H,20,22);1-2,4-5H;/q2*-1;. The molecule has 1 atom stereocenters. The number of alkyl halides is 3. The van der Waals surface area contributed by atoms with E-state index in [-0.39, 0.29) is 56.8 Å². The first-order valence-electron chi connectivity index (χ1n) is 10.3. The summed E-state index contributed by atoms with van der Waals surface area (Å²) in [6, 6.07) is 15.6. The molecule has 0 saturated heterocycles. The third-order valence-corrected chi connectivity index (χ3v) is 4.83. The van der Waals surface area contributed by atoms with Crippen LogP contribution in [0.2, 0.25) is 0 Å². The number of nitrogens with zero attached hydrogens (tertiary/aromatic N) is 1. The molecular formula is C25H26F3N3O2Y-2. The van der Waals surface area contributed by atoms with Crippen molar-refractivity contribution in [2.75, 3.05) is 7.05 Å². The van der Waals surface area contributed by atoms with Crippen molar-refractivity contribution >= 4 is 16.8 Å². The van der Waals surface area contributed by atoms with E-state index in [0.717, 1.165) is 46.6 Å². The maximum absolute atomic E-state index is 12.2. The molecule has 1 radical (unpaired) electrons. The summed E-state index contributed by atoms with van der Waals surface area (Å²) in [5, 5.41) is 3.75. The van der Waals surface area contributed by atoms with Crippen molar-refractivity contribution in [1.82, 2.24) is 10.3 Å². The van der Waals surface area contributed by atoms with Crippen LogP contribution >= 0.6 is 0 Å². The Morgan fingerprint density at radius 2 is 2.06 bits per heavy atom. The number of fused-ring (bicyclic) bond motifs is 1. The minimum absolute atomic E-state index is 0.